The van der Waals surface area contributed by atoms with Gasteiger partial charge in [0.2, 0.25) is 0 Å². The molecule has 3 heteroatoms. The van der Waals surface area contributed by atoms with Crippen LogP contribution in [0.1, 0.15) is 26.2 Å². The van der Waals surface area contributed by atoms with Crippen LogP contribution in [0.15, 0.2) is 0 Å². The highest BCUT2D eigenvalue weighted by Gasteiger charge is 2.17. The first-order chi connectivity index (χ1) is 5.86. The monoisotopic (exact) mass is 172 g/mol. The zero-order valence-corrected chi connectivity index (χ0v) is 7.96. The standard InChI is InChI=1S/C9H20N2O/c1-2-11-6-3-4-9(8-11)5-7-12-10/h9H,2-8,10H2,1H3. The van der Waals surface area contributed by atoms with Crippen LogP contribution in [0.3, 0.4) is 0 Å². The minimum atomic E-state index is 0.711. The molecular weight excluding hydrogens is 152 g/mol. The van der Waals surface area contributed by atoms with Crippen molar-refractivity contribution in [2.75, 3.05) is 26.2 Å². The molecule has 1 heterocycles. The Morgan fingerprint density at radius 3 is 3.08 bits per heavy atom. The van der Waals surface area contributed by atoms with E-state index in [9.17, 15) is 0 Å². The van der Waals surface area contributed by atoms with Crippen molar-refractivity contribution in [3.8, 4) is 0 Å². The Hall–Kier alpha value is -0.120. The lowest BCUT2D eigenvalue weighted by Crippen LogP contribution is -2.35. The minimum Gasteiger partial charge on any atom is -0.305 e. The third kappa shape index (κ3) is 3.09. The van der Waals surface area contributed by atoms with Crippen molar-refractivity contribution in [3.05, 3.63) is 0 Å². The van der Waals surface area contributed by atoms with Gasteiger partial charge in [-0.3, -0.25) is 0 Å². The molecule has 1 aliphatic heterocycles. The predicted molar refractivity (Wildman–Crippen MR) is 49.6 cm³/mol. The zero-order chi connectivity index (χ0) is 8.81. The molecule has 3 nitrogen and oxygen atoms in total. The molecule has 1 unspecified atom stereocenters. The number of hydrogen-bond donors (Lipinski definition) is 1. The fourth-order valence-electron chi connectivity index (χ4n) is 1.91. The molecule has 2 N–H and O–H groups in total. The van der Waals surface area contributed by atoms with Crippen molar-refractivity contribution in [2.24, 2.45) is 11.8 Å². The van der Waals surface area contributed by atoms with Crippen LogP contribution in [-0.4, -0.2) is 31.1 Å². The van der Waals surface area contributed by atoms with E-state index in [-0.39, 0.29) is 0 Å². The van der Waals surface area contributed by atoms with Crippen LogP contribution in [0.2, 0.25) is 0 Å². The molecule has 1 aliphatic rings. The molecule has 72 valence electrons. The Labute approximate surface area is 74.8 Å². The minimum absolute atomic E-state index is 0.711. The van der Waals surface area contributed by atoms with Gasteiger partial charge in [0, 0.05) is 6.54 Å². The maximum Gasteiger partial charge on any atom is 0.0682 e. The molecule has 0 aromatic carbocycles. The van der Waals surface area contributed by atoms with E-state index in [1.54, 1.807) is 0 Å². The molecule has 0 aromatic heterocycles. The van der Waals surface area contributed by atoms with E-state index in [0.29, 0.717) is 6.61 Å². The molecule has 0 radical (unpaired) electrons. The van der Waals surface area contributed by atoms with Crippen LogP contribution in [0.25, 0.3) is 0 Å². The third-order valence-corrected chi connectivity index (χ3v) is 2.69. The molecule has 0 aromatic rings. The average molecular weight is 172 g/mol. The number of nitrogens with zero attached hydrogens (tertiary/aromatic N) is 1. The van der Waals surface area contributed by atoms with Crippen molar-refractivity contribution in [3.63, 3.8) is 0 Å². The van der Waals surface area contributed by atoms with Crippen LogP contribution in [0, 0.1) is 5.92 Å². The maximum absolute atomic E-state index is 5.00. The molecule has 0 aliphatic carbocycles. The SMILES string of the molecule is CCN1CCCC(CCON)C1. The van der Waals surface area contributed by atoms with E-state index in [1.807, 2.05) is 0 Å². The summed E-state index contributed by atoms with van der Waals surface area (Å²) in [5.74, 6) is 5.81. The Kier molecular flexibility index (Phi) is 4.58. The van der Waals surface area contributed by atoms with Gasteiger partial charge in [0.25, 0.3) is 0 Å². The highest BCUT2D eigenvalue weighted by atomic mass is 16.6. The van der Waals surface area contributed by atoms with Crippen LogP contribution in [0.5, 0.6) is 0 Å². The second-order valence-electron chi connectivity index (χ2n) is 3.56. The van der Waals surface area contributed by atoms with Gasteiger partial charge in [-0.25, -0.2) is 5.90 Å². The quantitative estimate of drug-likeness (QED) is 0.643. The molecule has 1 saturated heterocycles. The van der Waals surface area contributed by atoms with E-state index in [4.69, 9.17) is 5.90 Å². The Morgan fingerprint density at radius 1 is 1.58 bits per heavy atom. The summed E-state index contributed by atoms with van der Waals surface area (Å²) in [4.78, 5) is 7.10. The fraction of sp³-hybridized carbons (Fsp3) is 1.00. The molecule has 1 atom stereocenters. The summed E-state index contributed by atoms with van der Waals surface area (Å²) in [5, 5.41) is 0. The summed E-state index contributed by atoms with van der Waals surface area (Å²) < 4.78 is 0. The highest BCUT2D eigenvalue weighted by Crippen LogP contribution is 2.18. The summed E-state index contributed by atoms with van der Waals surface area (Å²) >= 11 is 0. The molecular formula is C9H20N2O. The van der Waals surface area contributed by atoms with Crippen molar-refractivity contribution in [1.82, 2.24) is 4.90 Å². The predicted octanol–water partition coefficient (Wildman–Crippen LogP) is 0.999. The Morgan fingerprint density at radius 2 is 2.42 bits per heavy atom. The van der Waals surface area contributed by atoms with E-state index in [1.165, 1.54) is 32.5 Å². The van der Waals surface area contributed by atoms with Crippen LogP contribution in [-0.2, 0) is 4.84 Å². The van der Waals surface area contributed by atoms with Gasteiger partial charge in [-0.05, 0) is 38.3 Å². The van der Waals surface area contributed by atoms with Gasteiger partial charge in [-0.2, -0.15) is 0 Å². The highest BCUT2D eigenvalue weighted by molar-refractivity contribution is 4.71. The average Bonchev–Trinajstić information content (AvgIpc) is 2.15. The lowest BCUT2D eigenvalue weighted by atomic mass is 9.95. The number of piperidine rings is 1. The number of nitrogens with two attached hydrogens (primary N) is 1. The molecule has 1 fully saturated rings. The van der Waals surface area contributed by atoms with E-state index < -0.39 is 0 Å². The topological polar surface area (TPSA) is 38.5 Å². The van der Waals surface area contributed by atoms with Crippen LogP contribution >= 0.6 is 0 Å². The number of hydrogen-bond acceptors (Lipinski definition) is 3. The van der Waals surface area contributed by atoms with Gasteiger partial charge < -0.3 is 9.74 Å². The first-order valence-electron chi connectivity index (χ1n) is 4.90. The van der Waals surface area contributed by atoms with E-state index in [2.05, 4.69) is 16.7 Å². The van der Waals surface area contributed by atoms with Crippen LogP contribution in [0.4, 0.5) is 0 Å². The number of rotatable bonds is 4. The summed E-state index contributed by atoms with van der Waals surface area (Å²) in [5.41, 5.74) is 0. The summed E-state index contributed by atoms with van der Waals surface area (Å²) in [7, 11) is 0. The third-order valence-electron chi connectivity index (χ3n) is 2.69. The second kappa shape index (κ2) is 5.51. The summed E-state index contributed by atoms with van der Waals surface area (Å²) in [6.45, 7) is 6.63. The molecule has 1 rings (SSSR count). The van der Waals surface area contributed by atoms with Gasteiger partial charge >= 0.3 is 0 Å². The van der Waals surface area contributed by atoms with Gasteiger partial charge in [-0.1, -0.05) is 6.92 Å². The number of likely N-dealkylation sites (tertiary alicyclic amines) is 1. The Bertz CT molecular complexity index is 119. The maximum atomic E-state index is 5.00. The van der Waals surface area contributed by atoms with Gasteiger partial charge in [0.1, 0.15) is 0 Å². The lowest BCUT2D eigenvalue weighted by Gasteiger charge is -2.31. The van der Waals surface area contributed by atoms with E-state index >= 15 is 0 Å². The molecule has 0 amide bonds. The van der Waals surface area contributed by atoms with E-state index in [0.717, 1.165) is 12.3 Å². The van der Waals surface area contributed by atoms with Crippen LogP contribution < -0.4 is 5.90 Å². The molecule has 0 saturated carbocycles. The van der Waals surface area contributed by atoms with Gasteiger partial charge in [0.05, 0.1) is 6.61 Å². The van der Waals surface area contributed by atoms with Crippen molar-refractivity contribution >= 4 is 0 Å². The molecule has 0 spiro atoms. The first kappa shape index (κ1) is 9.96. The first-order valence-corrected chi connectivity index (χ1v) is 4.90. The Balaban J connectivity index is 2.16. The fourth-order valence-corrected chi connectivity index (χ4v) is 1.91. The molecule has 0 bridgehead atoms. The van der Waals surface area contributed by atoms with Gasteiger partial charge in [-0.15, -0.1) is 0 Å². The normalized spacial score (nSPS) is 26.0. The summed E-state index contributed by atoms with van der Waals surface area (Å²) in [6, 6.07) is 0. The van der Waals surface area contributed by atoms with Gasteiger partial charge in [0.15, 0.2) is 0 Å². The van der Waals surface area contributed by atoms with Crippen molar-refractivity contribution in [1.29, 1.82) is 0 Å². The van der Waals surface area contributed by atoms with Crippen molar-refractivity contribution < 1.29 is 4.84 Å². The zero-order valence-electron chi connectivity index (χ0n) is 7.96. The smallest absolute Gasteiger partial charge is 0.0682 e. The van der Waals surface area contributed by atoms with Crippen molar-refractivity contribution in [2.45, 2.75) is 26.2 Å². The summed E-state index contributed by atoms with van der Waals surface area (Å²) in [6.07, 6.45) is 3.80. The molecule has 12 heavy (non-hydrogen) atoms. The second-order valence-corrected chi connectivity index (χ2v) is 3.56. The lowest BCUT2D eigenvalue weighted by molar-refractivity contribution is 0.0993. The largest absolute Gasteiger partial charge is 0.305 e.